The van der Waals surface area contributed by atoms with Crippen LogP contribution >= 0.6 is 11.8 Å². The predicted octanol–water partition coefficient (Wildman–Crippen LogP) is -0.727. The van der Waals surface area contributed by atoms with E-state index in [2.05, 4.69) is 20.5 Å². The predicted molar refractivity (Wildman–Crippen MR) is 84.4 cm³/mol. The van der Waals surface area contributed by atoms with Gasteiger partial charge in [-0.25, -0.2) is 9.48 Å². The first kappa shape index (κ1) is 16.9. The first-order chi connectivity index (χ1) is 10.8. The van der Waals surface area contributed by atoms with Crippen LogP contribution in [-0.4, -0.2) is 41.3 Å². The molecule has 0 aliphatic carbocycles. The van der Waals surface area contributed by atoms with Gasteiger partial charge in [0.15, 0.2) is 5.78 Å². The van der Waals surface area contributed by atoms with E-state index in [1.165, 1.54) is 9.25 Å². The van der Waals surface area contributed by atoms with Gasteiger partial charge in [-0.15, -0.1) is 5.10 Å². The van der Waals surface area contributed by atoms with E-state index in [9.17, 15) is 14.4 Å². The van der Waals surface area contributed by atoms with E-state index in [1.54, 1.807) is 7.05 Å². The number of thioether (sulfide) groups is 1. The summed E-state index contributed by atoms with van der Waals surface area (Å²) in [5.41, 5.74) is 4.26. The number of tetrazole rings is 1. The molecular weight excluding hydrogens is 322 g/mol. The molecule has 0 aliphatic heterocycles. The van der Waals surface area contributed by atoms with Crippen LogP contribution in [0.15, 0.2) is 14.7 Å². The molecule has 124 valence electrons. The molecule has 2 rings (SSSR count). The highest BCUT2D eigenvalue weighted by Crippen LogP contribution is 2.16. The van der Waals surface area contributed by atoms with Crippen LogP contribution in [0.3, 0.4) is 0 Å². The molecule has 0 unspecified atom stereocenters. The van der Waals surface area contributed by atoms with Gasteiger partial charge < -0.3 is 5.73 Å². The lowest BCUT2D eigenvalue weighted by molar-refractivity contribution is 0.102. The zero-order chi connectivity index (χ0) is 17.1. The number of rotatable bonds is 6. The second-order valence-corrected chi connectivity index (χ2v) is 6.26. The van der Waals surface area contributed by atoms with Gasteiger partial charge in [-0.3, -0.25) is 19.1 Å². The summed E-state index contributed by atoms with van der Waals surface area (Å²) in [6.07, 6.45) is 0. The number of carbonyl (C=O) groups is 1. The average molecular weight is 339 g/mol. The van der Waals surface area contributed by atoms with Crippen molar-refractivity contribution in [3.05, 3.63) is 26.4 Å². The molecular formula is C12H17N7O3S. The number of Topliss-reactive ketones (excluding diaryl/α,β-unsaturated/α-hetero) is 1. The second-order valence-electron chi connectivity index (χ2n) is 5.32. The average Bonchev–Trinajstić information content (AvgIpc) is 2.86. The number of nitrogens with zero attached hydrogens (tertiary/aromatic N) is 5. The molecule has 0 aliphatic rings. The molecule has 0 amide bonds. The summed E-state index contributed by atoms with van der Waals surface area (Å²) in [5.74, 6) is -0.548. The smallest absolute Gasteiger partial charge is 0.329 e. The number of nitrogens with two attached hydrogens (primary N) is 1. The summed E-state index contributed by atoms with van der Waals surface area (Å²) in [5, 5.41) is 11.3. The summed E-state index contributed by atoms with van der Waals surface area (Å²) < 4.78 is 2.61. The zero-order valence-electron chi connectivity index (χ0n) is 12.9. The number of nitrogen functional groups attached to an aromatic ring is 1. The molecule has 11 heteroatoms. The number of anilines is 1. The Balaban J connectivity index is 2.31. The molecule has 0 bridgehead atoms. The quantitative estimate of drug-likeness (QED) is 0.518. The number of nitrogens with one attached hydrogen (secondary N) is 1. The van der Waals surface area contributed by atoms with Crippen LogP contribution in [0.5, 0.6) is 0 Å². The fourth-order valence-electron chi connectivity index (χ4n) is 1.95. The Bertz CT molecular complexity index is 836. The van der Waals surface area contributed by atoms with E-state index >= 15 is 0 Å². The maximum absolute atomic E-state index is 12.3. The minimum atomic E-state index is -0.783. The lowest BCUT2D eigenvalue weighted by atomic mass is 10.2. The maximum atomic E-state index is 12.3. The minimum absolute atomic E-state index is 0.0681. The van der Waals surface area contributed by atoms with Gasteiger partial charge in [0, 0.05) is 13.6 Å². The van der Waals surface area contributed by atoms with E-state index in [-0.39, 0.29) is 23.1 Å². The van der Waals surface area contributed by atoms with E-state index in [1.807, 2.05) is 13.8 Å². The summed E-state index contributed by atoms with van der Waals surface area (Å²) in [7, 11) is 1.64. The molecule has 2 aromatic heterocycles. The Labute approximate surface area is 135 Å². The van der Waals surface area contributed by atoms with Crippen LogP contribution in [0.4, 0.5) is 5.82 Å². The number of hydrogen-bond acceptors (Lipinski definition) is 8. The summed E-state index contributed by atoms with van der Waals surface area (Å²) in [6, 6.07) is 0. The molecule has 23 heavy (non-hydrogen) atoms. The van der Waals surface area contributed by atoms with Gasteiger partial charge in [-0.1, -0.05) is 25.6 Å². The fourth-order valence-corrected chi connectivity index (χ4v) is 2.67. The third-order valence-electron chi connectivity index (χ3n) is 2.98. The van der Waals surface area contributed by atoms with Crippen molar-refractivity contribution in [1.82, 2.24) is 29.8 Å². The van der Waals surface area contributed by atoms with Crippen molar-refractivity contribution in [1.29, 1.82) is 0 Å². The van der Waals surface area contributed by atoms with E-state index < -0.39 is 17.0 Å². The number of carbonyl (C=O) groups excluding carboxylic acids is 1. The van der Waals surface area contributed by atoms with E-state index in [0.717, 1.165) is 11.8 Å². The second kappa shape index (κ2) is 6.77. The van der Waals surface area contributed by atoms with Crippen LogP contribution in [0, 0.1) is 5.92 Å². The standard InChI is InChI=1S/C12H17N7O3S/c1-6(2)4-19-9(13)8(10(21)14-11(19)22)7(20)5-23-12-15-16-17-18(12)3/h6H,4-5,13H2,1-3H3,(H,14,21,22). The Morgan fingerprint density at radius 1 is 1.39 bits per heavy atom. The number of aryl methyl sites for hydroxylation is 1. The number of aromatic amines is 1. The fraction of sp³-hybridized carbons (Fsp3) is 0.500. The normalized spacial score (nSPS) is 11.1. The largest absolute Gasteiger partial charge is 0.384 e. The number of aromatic nitrogens is 6. The third-order valence-corrected chi connectivity index (χ3v) is 3.99. The lowest BCUT2D eigenvalue weighted by Crippen LogP contribution is -2.37. The van der Waals surface area contributed by atoms with Gasteiger partial charge in [-0.2, -0.15) is 0 Å². The molecule has 0 saturated heterocycles. The summed E-state index contributed by atoms with van der Waals surface area (Å²) >= 11 is 1.08. The van der Waals surface area contributed by atoms with Gasteiger partial charge >= 0.3 is 5.69 Å². The van der Waals surface area contributed by atoms with Gasteiger partial charge in [-0.05, 0) is 16.3 Å². The Kier molecular flexibility index (Phi) is 4.98. The molecule has 0 spiro atoms. The number of ketones is 1. The molecule has 0 atom stereocenters. The highest BCUT2D eigenvalue weighted by atomic mass is 32.2. The summed E-state index contributed by atoms with van der Waals surface area (Å²) in [4.78, 5) is 38.2. The van der Waals surface area contributed by atoms with Gasteiger partial charge in [0.05, 0.1) is 5.75 Å². The first-order valence-corrected chi connectivity index (χ1v) is 7.80. The topological polar surface area (TPSA) is 142 Å². The molecule has 3 N–H and O–H groups in total. The molecule has 0 aromatic carbocycles. The maximum Gasteiger partial charge on any atom is 0.329 e. The lowest BCUT2D eigenvalue weighted by Gasteiger charge is -2.13. The summed E-state index contributed by atoms with van der Waals surface area (Å²) in [6.45, 7) is 4.10. The minimum Gasteiger partial charge on any atom is -0.384 e. The van der Waals surface area contributed by atoms with Crippen molar-refractivity contribution in [3.8, 4) is 0 Å². The SMILES string of the molecule is CC(C)Cn1c(N)c(C(=O)CSc2nnnn2C)c(=O)[nH]c1=O. The Morgan fingerprint density at radius 2 is 2.09 bits per heavy atom. The van der Waals surface area contributed by atoms with Gasteiger partial charge in [0.1, 0.15) is 11.4 Å². The van der Waals surface area contributed by atoms with Crippen LogP contribution < -0.4 is 17.0 Å². The van der Waals surface area contributed by atoms with Crippen molar-refractivity contribution >= 4 is 23.4 Å². The van der Waals surface area contributed by atoms with Crippen LogP contribution in [0.25, 0.3) is 0 Å². The highest BCUT2D eigenvalue weighted by molar-refractivity contribution is 7.99. The molecule has 2 aromatic rings. The van der Waals surface area contributed by atoms with Crippen molar-refractivity contribution in [2.24, 2.45) is 13.0 Å². The van der Waals surface area contributed by atoms with E-state index in [0.29, 0.717) is 11.7 Å². The molecule has 10 nitrogen and oxygen atoms in total. The van der Waals surface area contributed by atoms with Crippen molar-refractivity contribution < 1.29 is 4.79 Å². The number of H-pyrrole nitrogens is 1. The molecule has 0 fully saturated rings. The monoisotopic (exact) mass is 339 g/mol. The van der Waals surface area contributed by atoms with Crippen molar-refractivity contribution in [2.45, 2.75) is 25.5 Å². The highest BCUT2D eigenvalue weighted by Gasteiger charge is 2.20. The van der Waals surface area contributed by atoms with Gasteiger partial charge in [0.2, 0.25) is 5.16 Å². The Morgan fingerprint density at radius 3 is 2.65 bits per heavy atom. The van der Waals surface area contributed by atoms with Crippen LogP contribution in [0.1, 0.15) is 24.2 Å². The third kappa shape index (κ3) is 3.67. The van der Waals surface area contributed by atoms with Crippen molar-refractivity contribution in [3.63, 3.8) is 0 Å². The zero-order valence-corrected chi connectivity index (χ0v) is 13.8. The number of hydrogen-bond donors (Lipinski definition) is 2. The molecule has 0 radical (unpaired) electrons. The van der Waals surface area contributed by atoms with Gasteiger partial charge in [0.25, 0.3) is 5.56 Å². The van der Waals surface area contributed by atoms with Crippen LogP contribution in [0.2, 0.25) is 0 Å². The van der Waals surface area contributed by atoms with Crippen LogP contribution in [-0.2, 0) is 13.6 Å². The molecule has 0 saturated carbocycles. The van der Waals surface area contributed by atoms with Crippen molar-refractivity contribution in [2.75, 3.05) is 11.5 Å². The molecule has 2 heterocycles. The Hall–Kier alpha value is -2.43. The van der Waals surface area contributed by atoms with E-state index in [4.69, 9.17) is 5.73 Å². The first-order valence-electron chi connectivity index (χ1n) is 6.82.